The minimum absolute atomic E-state index is 0.353. The van der Waals surface area contributed by atoms with Crippen molar-refractivity contribution in [2.45, 2.75) is 26.8 Å². The van der Waals surface area contributed by atoms with Crippen molar-refractivity contribution >= 4 is 27.4 Å². The van der Waals surface area contributed by atoms with Crippen LogP contribution in [0.5, 0.6) is 0 Å². The van der Waals surface area contributed by atoms with E-state index in [2.05, 4.69) is 46.5 Å². The van der Waals surface area contributed by atoms with Gasteiger partial charge in [-0.05, 0) is 32.9 Å². The van der Waals surface area contributed by atoms with Crippen LogP contribution < -0.4 is 5.32 Å². The Hall–Kier alpha value is -2.01. The summed E-state index contributed by atoms with van der Waals surface area (Å²) >= 11 is 1.58. The van der Waals surface area contributed by atoms with Gasteiger partial charge in [-0.1, -0.05) is 29.5 Å². The van der Waals surface area contributed by atoms with Gasteiger partial charge in [0.25, 0.3) is 0 Å². The molecule has 3 aromatic rings. The van der Waals surface area contributed by atoms with Crippen LogP contribution in [0.3, 0.4) is 0 Å². The largest absolute Gasteiger partial charge is 0.358 e. The summed E-state index contributed by atoms with van der Waals surface area (Å²) in [6, 6.07) is 10.6. The van der Waals surface area contributed by atoms with Gasteiger partial charge in [0, 0.05) is 22.7 Å². The van der Waals surface area contributed by atoms with Gasteiger partial charge in [0.1, 0.15) is 5.01 Å². The third-order valence-electron chi connectivity index (χ3n) is 2.91. The Morgan fingerprint density at radius 1 is 1.15 bits per heavy atom. The number of nitrogens with one attached hydrogen (secondary N) is 1. The second-order valence-corrected chi connectivity index (χ2v) is 6.02. The highest BCUT2D eigenvalue weighted by atomic mass is 32.1. The molecule has 0 atom stereocenters. The van der Waals surface area contributed by atoms with Crippen molar-refractivity contribution < 1.29 is 0 Å². The summed E-state index contributed by atoms with van der Waals surface area (Å²) in [6.07, 6.45) is 0. The number of pyridine rings is 1. The van der Waals surface area contributed by atoms with E-state index >= 15 is 0 Å². The van der Waals surface area contributed by atoms with Crippen molar-refractivity contribution in [1.29, 1.82) is 0 Å². The molecule has 5 heteroatoms. The Morgan fingerprint density at radius 2 is 1.95 bits per heavy atom. The Balaban J connectivity index is 2.11. The zero-order valence-electron chi connectivity index (χ0n) is 11.7. The van der Waals surface area contributed by atoms with Gasteiger partial charge in [0.15, 0.2) is 0 Å². The average molecular weight is 284 g/mol. The van der Waals surface area contributed by atoms with E-state index in [4.69, 9.17) is 0 Å². The molecule has 2 aromatic heterocycles. The van der Waals surface area contributed by atoms with Crippen LogP contribution in [-0.4, -0.2) is 21.2 Å². The average Bonchev–Trinajstić information content (AvgIpc) is 2.85. The molecule has 0 amide bonds. The van der Waals surface area contributed by atoms with Gasteiger partial charge in [-0.25, -0.2) is 0 Å². The Morgan fingerprint density at radius 3 is 2.75 bits per heavy atom. The minimum Gasteiger partial charge on any atom is -0.358 e. The second-order valence-electron chi connectivity index (χ2n) is 5.04. The summed E-state index contributed by atoms with van der Waals surface area (Å²) < 4.78 is 0. The third-order valence-corrected chi connectivity index (χ3v) is 3.80. The normalized spacial score (nSPS) is 11.2. The van der Waals surface area contributed by atoms with Gasteiger partial charge >= 0.3 is 0 Å². The molecule has 0 saturated heterocycles. The molecule has 2 heterocycles. The summed E-state index contributed by atoms with van der Waals surface area (Å²) in [5.41, 5.74) is 3.09. The summed E-state index contributed by atoms with van der Waals surface area (Å²) in [7, 11) is 0. The number of aromatic nitrogens is 3. The van der Waals surface area contributed by atoms with E-state index in [-0.39, 0.29) is 0 Å². The first kappa shape index (κ1) is 13.0. The first-order chi connectivity index (χ1) is 9.63. The topological polar surface area (TPSA) is 50.7 Å². The van der Waals surface area contributed by atoms with E-state index in [1.54, 1.807) is 11.3 Å². The molecule has 0 aliphatic heterocycles. The first-order valence-corrected chi connectivity index (χ1v) is 7.42. The fraction of sp³-hybridized carbons (Fsp3) is 0.267. The molecule has 1 N–H and O–H groups in total. The van der Waals surface area contributed by atoms with Crippen LogP contribution in [0.25, 0.3) is 21.5 Å². The fourth-order valence-corrected chi connectivity index (χ4v) is 3.04. The zero-order chi connectivity index (χ0) is 14.1. The molecule has 20 heavy (non-hydrogen) atoms. The van der Waals surface area contributed by atoms with E-state index in [0.29, 0.717) is 6.04 Å². The highest BCUT2D eigenvalue weighted by Crippen LogP contribution is 2.32. The smallest absolute Gasteiger partial charge is 0.206 e. The molecule has 0 unspecified atom stereocenters. The third kappa shape index (κ3) is 2.49. The number of hydrogen-bond acceptors (Lipinski definition) is 5. The lowest BCUT2D eigenvalue weighted by Crippen LogP contribution is -2.08. The van der Waals surface area contributed by atoms with Crippen LogP contribution in [0, 0.1) is 6.92 Å². The van der Waals surface area contributed by atoms with Crippen LogP contribution in [0.15, 0.2) is 30.3 Å². The lowest BCUT2D eigenvalue weighted by molar-refractivity contribution is 0.888. The van der Waals surface area contributed by atoms with E-state index in [9.17, 15) is 0 Å². The van der Waals surface area contributed by atoms with Crippen molar-refractivity contribution in [1.82, 2.24) is 15.2 Å². The van der Waals surface area contributed by atoms with E-state index in [1.165, 1.54) is 0 Å². The predicted molar refractivity (Wildman–Crippen MR) is 84.1 cm³/mol. The van der Waals surface area contributed by atoms with E-state index < -0.39 is 0 Å². The second kappa shape index (κ2) is 5.17. The highest BCUT2D eigenvalue weighted by Gasteiger charge is 2.11. The molecule has 0 aliphatic carbocycles. The number of fused-ring (bicyclic) bond motifs is 1. The van der Waals surface area contributed by atoms with Crippen molar-refractivity contribution in [3.05, 3.63) is 36.0 Å². The van der Waals surface area contributed by atoms with Crippen molar-refractivity contribution in [3.8, 4) is 10.6 Å². The van der Waals surface area contributed by atoms with Crippen molar-refractivity contribution in [2.75, 3.05) is 5.32 Å². The molecular formula is C15H16N4S. The number of aryl methyl sites for hydroxylation is 1. The first-order valence-electron chi connectivity index (χ1n) is 6.60. The molecule has 0 fully saturated rings. The van der Waals surface area contributed by atoms with Crippen LogP contribution in [0.1, 0.15) is 19.5 Å². The fourth-order valence-electron chi connectivity index (χ4n) is 2.12. The van der Waals surface area contributed by atoms with Crippen LogP contribution in [0.4, 0.5) is 5.13 Å². The van der Waals surface area contributed by atoms with Crippen molar-refractivity contribution in [2.24, 2.45) is 0 Å². The van der Waals surface area contributed by atoms with Gasteiger partial charge < -0.3 is 5.32 Å². The number of benzene rings is 1. The maximum atomic E-state index is 4.56. The molecule has 0 radical (unpaired) electrons. The van der Waals surface area contributed by atoms with Gasteiger partial charge in [-0.15, -0.1) is 10.2 Å². The summed E-state index contributed by atoms with van der Waals surface area (Å²) in [4.78, 5) is 4.56. The zero-order valence-corrected chi connectivity index (χ0v) is 12.5. The Labute approximate surface area is 121 Å². The monoisotopic (exact) mass is 284 g/mol. The highest BCUT2D eigenvalue weighted by molar-refractivity contribution is 7.18. The maximum absolute atomic E-state index is 4.56. The maximum Gasteiger partial charge on any atom is 0.206 e. The molecule has 0 aliphatic rings. The van der Waals surface area contributed by atoms with Gasteiger partial charge in [-0.3, -0.25) is 4.98 Å². The SMILES string of the molecule is Cc1cc(-c2nnc(NC(C)C)s2)c2ccccc2n1. The van der Waals surface area contributed by atoms with Crippen molar-refractivity contribution in [3.63, 3.8) is 0 Å². The van der Waals surface area contributed by atoms with Gasteiger partial charge in [0.2, 0.25) is 5.13 Å². The van der Waals surface area contributed by atoms with Crippen LogP contribution in [0.2, 0.25) is 0 Å². The molecule has 4 nitrogen and oxygen atoms in total. The lowest BCUT2D eigenvalue weighted by Gasteiger charge is -2.05. The Kier molecular flexibility index (Phi) is 3.36. The van der Waals surface area contributed by atoms with E-state index in [0.717, 1.165) is 32.3 Å². The number of rotatable bonds is 3. The summed E-state index contributed by atoms with van der Waals surface area (Å²) in [5.74, 6) is 0. The quantitative estimate of drug-likeness (QED) is 0.793. The van der Waals surface area contributed by atoms with E-state index in [1.807, 2.05) is 25.1 Å². The summed E-state index contributed by atoms with van der Waals surface area (Å²) in [6.45, 7) is 6.18. The van der Waals surface area contributed by atoms with Crippen LogP contribution in [-0.2, 0) is 0 Å². The summed E-state index contributed by atoms with van der Waals surface area (Å²) in [5, 5.41) is 14.7. The molecule has 0 bridgehead atoms. The molecule has 0 saturated carbocycles. The number of anilines is 1. The minimum atomic E-state index is 0.353. The molecule has 3 rings (SSSR count). The van der Waals surface area contributed by atoms with Gasteiger partial charge in [-0.2, -0.15) is 0 Å². The molecule has 0 spiro atoms. The molecule has 1 aromatic carbocycles. The van der Waals surface area contributed by atoms with Gasteiger partial charge in [0.05, 0.1) is 5.52 Å². The molecular weight excluding hydrogens is 268 g/mol. The van der Waals surface area contributed by atoms with Crippen LogP contribution >= 0.6 is 11.3 Å². The lowest BCUT2D eigenvalue weighted by atomic mass is 10.1. The Bertz CT molecular complexity index is 748. The standard InChI is InChI=1S/C15H16N4S/c1-9(2)16-15-19-18-14(20-15)12-8-10(3)17-13-7-5-4-6-11(12)13/h4-9H,1-3H3,(H,16,19). The molecule has 102 valence electrons. The predicted octanol–water partition coefficient (Wildman–Crippen LogP) is 3.88. The number of nitrogens with zero attached hydrogens (tertiary/aromatic N) is 3. The number of para-hydroxylation sites is 1. The number of hydrogen-bond donors (Lipinski definition) is 1.